The van der Waals surface area contributed by atoms with E-state index in [4.69, 9.17) is 10.5 Å². The minimum atomic E-state index is -0.0679. The molecule has 1 aromatic carbocycles. The molecule has 1 fully saturated rings. The van der Waals surface area contributed by atoms with Crippen molar-refractivity contribution in [3.63, 3.8) is 0 Å². The predicted octanol–water partition coefficient (Wildman–Crippen LogP) is 1.66. The first-order chi connectivity index (χ1) is 8.11. The quantitative estimate of drug-likeness (QED) is 0.864. The van der Waals surface area contributed by atoms with Gasteiger partial charge in [0.25, 0.3) is 0 Å². The lowest BCUT2D eigenvalue weighted by molar-refractivity contribution is 0.178. The van der Waals surface area contributed by atoms with E-state index in [1.54, 1.807) is 7.11 Å². The molecule has 0 aromatic heterocycles. The van der Waals surface area contributed by atoms with Gasteiger partial charge in [0.15, 0.2) is 0 Å². The van der Waals surface area contributed by atoms with Gasteiger partial charge in [0.05, 0.1) is 7.11 Å². The Bertz CT molecular complexity index is 363. The summed E-state index contributed by atoms with van der Waals surface area (Å²) in [6.45, 7) is 2.15. The third kappa shape index (κ3) is 3.20. The number of rotatable bonds is 3. The Kier molecular flexibility index (Phi) is 3.69. The summed E-state index contributed by atoms with van der Waals surface area (Å²) in [6.07, 6.45) is 3.26. The molecule has 1 saturated heterocycles. The molecule has 1 heterocycles. The number of likely N-dealkylation sites (N-methyl/N-ethyl adjacent to an activating group) is 1. The van der Waals surface area contributed by atoms with Gasteiger partial charge in [-0.1, -0.05) is 12.1 Å². The molecule has 0 aliphatic carbocycles. The fourth-order valence-corrected chi connectivity index (χ4v) is 2.69. The smallest absolute Gasteiger partial charge is 0.118 e. The second kappa shape index (κ2) is 5.07. The molecule has 3 heteroatoms. The number of methoxy groups -OCH3 is 1. The molecule has 2 N–H and O–H groups in total. The van der Waals surface area contributed by atoms with Crippen molar-refractivity contribution in [3.8, 4) is 5.75 Å². The van der Waals surface area contributed by atoms with E-state index < -0.39 is 0 Å². The van der Waals surface area contributed by atoms with Crippen LogP contribution in [0.25, 0.3) is 0 Å². The number of nitrogens with two attached hydrogens (primary N) is 1. The van der Waals surface area contributed by atoms with Gasteiger partial charge in [-0.25, -0.2) is 0 Å². The number of nitrogens with zero attached hydrogens (tertiary/aromatic N) is 1. The van der Waals surface area contributed by atoms with Crippen LogP contribution in [0.2, 0.25) is 0 Å². The van der Waals surface area contributed by atoms with Crippen molar-refractivity contribution in [3.05, 3.63) is 29.8 Å². The van der Waals surface area contributed by atoms with Crippen LogP contribution in [-0.4, -0.2) is 37.7 Å². The third-order valence-electron chi connectivity index (χ3n) is 3.51. The van der Waals surface area contributed by atoms with Crippen LogP contribution >= 0.6 is 0 Å². The van der Waals surface area contributed by atoms with Gasteiger partial charge in [-0.3, -0.25) is 0 Å². The van der Waals surface area contributed by atoms with Crippen LogP contribution in [0.4, 0.5) is 0 Å². The number of ether oxygens (including phenoxy) is 1. The topological polar surface area (TPSA) is 38.5 Å². The van der Waals surface area contributed by atoms with Gasteiger partial charge >= 0.3 is 0 Å². The molecule has 0 radical (unpaired) electrons. The minimum absolute atomic E-state index is 0.0679. The standard InChI is InChI=1S/C14H22N2O/c1-16-9-3-8-14(15,11-16)10-12-4-6-13(17-2)7-5-12/h4-7H,3,8-11,15H2,1-2H3. The Morgan fingerprint density at radius 2 is 2.06 bits per heavy atom. The van der Waals surface area contributed by atoms with Crippen molar-refractivity contribution in [1.29, 1.82) is 0 Å². The highest BCUT2D eigenvalue weighted by molar-refractivity contribution is 5.28. The molecule has 0 bridgehead atoms. The Balaban J connectivity index is 2.03. The SMILES string of the molecule is COc1ccc(CC2(N)CCCN(C)C2)cc1. The van der Waals surface area contributed by atoms with Gasteiger partial charge in [0.1, 0.15) is 5.75 Å². The van der Waals surface area contributed by atoms with Crippen LogP contribution in [0.1, 0.15) is 18.4 Å². The molecule has 3 nitrogen and oxygen atoms in total. The molecule has 1 aliphatic heterocycles. The Hall–Kier alpha value is -1.06. The second-order valence-corrected chi connectivity index (χ2v) is 5.23. The van der Waals surface area contributed by atoms with Crippen molar-refractivity contribution in [2.45, 2.75) is 24.8 Å². The average molecular weight is 234 g/mol. The summed E-state index contributed by atoms with van der Waals surface area (Å²) < 4.78 is 5.16. The lowest BCUT2D eigenvalue weighted by Gasteiger charge is -2.38. The van der Waals surface area contributed by atoms with E-state index in [0.29, 0.717) is 0 Å². The minimum Gasteiger partial charge on any atom is -0.497 e. The highest BCUT2D eigenvalue weighted by Gasteiger charge is 2.30. The summed E-state index contributed by atoms with van der Waals surface area (Å²) in [7, 11) is 3.84. The van der Waals surface area contributed by atoms with E-state index in [1.807, 2.05) is 12.1 Å². The molecule has 1 aromatic rings. The number of piperidine rings is 1. The second-order valence-electron chi connectivity index (χ2n) is 5.23. The molecule has 1 unspecified atom stereocenters. The Labute approximate surface area is 104 Å². The lowest BCUT2D eigenvalue weighted by Crippen LogP contribution is -2.54. The molecular formula is C14H22N2O. The monoisotopic (exact) mass is 234 g/mol. The normalized spacial score (nSPS) is 25.8. The van der Waals surface area contributed by atoms with E-state index >= 15 is 0 Å². The number of likely N-dealkylation sites (tertiary alicyclic amines) is 1. The first-order valence-electron chi connectivity index (χ1n) is 6.22. The third-order valence-corrected chi connectivity index (χ3v) is 3.51. The van der Waals surface area contributed by atoms with E-state index in [0.717, 1.165) is 25.1 Å². The van der Waals surface area contributed by atoms with Crippen molar-refractivity contribution >= 4 is 0 Å². The number of hydrogen-bond acceptors (Lipinski definition) is 3. The summed E-state index contributed by atoms with van der Waals surface area (Å²) >= 11 is 0. The zero-order valence-corrected chi connectivity index (χ0v) is 10.8. The molecule has 94 valence electrons. The van der Waals surface area contributed by atoms with Gasteiger partial charge in [-0.15, -0.1) is 0 Å². The molecule has 1 aliphatic rings. The molecule has 1 atom stereocenters. The van der Waals surface area contributed by atoms with Crippen molar-refractivity contribution in [1.82, 2.24) is 4.90 Å². The van der Waals surface area contributed by atoms with Crippen LogP contribution in [0.15, 0.2) is 24.3 Å². The molecule has 0 amide bonds. The summed E-state index contributed by atoms with van der Waals surface area (Å²) in [6, 6.07) is 8.24. The number of benzene rings is 1. The highest BCUT2D eigenvalue weighted by atomic mass is 16.5. The zero-order chi connectivity index (χ0) is 12.3. The van der Waals surface area contributed by atoms with Gasteiger partial charge < -0.3 is 15.4 Å². The van der Waals surface area contributed by atoms with Crippen molar-refractivity contribution in [2.24, 2.45) is 5.73 Å². The van der Waals surface area contributed by atoms with Crippen LogP contribution in [0, 0.1) is 0 Å². The summed E-state index contributed by atoms with van der Waals surface area (Å²) in [5.41, 5.74) is 7.71. The Morgan fingerprint density at radius 1 is 1.35 bits per heavy atom. The average Bonchev–Trinajstić information content (AvgIpc) is 2.29. The van der Waals surface area contributed by atoms with Gasteiger partial charge in [0.2, 0.25) is 0 Å². The van der Waals surface area contributed by atoms with Gasteiger partial charge in [-0.05, 0) is 50.6 Å². The number of hydrogen-bond donors (Lipinski definition) is 1. The highest BCUT2D eigenvalue weighted by Crippen LogP contribution is 2.23. The van der Waals surface area contributed by atoms with Gasteiger partial charge in [-0.2, -0.15) is 0 Å². The molecule has 2 rings (SSSR count). The lowest BCUT2D eigenvalue weighted by atomic mass is 9.84. The molecule has 0 saturated carbocycles. The van der Waals surface area contributed by atoms with Crippen LogP contribution in [0.5, 0.6) is 5.75 Å². The molecular weight excluding hydrogens is 212 g/mol. The maximum Gasteiger partial charge on any atom is 0.118 e. The van der Waals surface area contributed by atoms with Crippen molar-refractivity contribution in [2.75, 3.05) is 27.2 Å². The molecule has 17 heavy (non-hydrogen) atoms. The fraction of sp³-hybridized carbons (Fsp3) is 0.571. The first kappa shape index (κ1) is 12.4. The van der Waals surface area contributed by atoms with E-state index in [9.17, 15) is 0 Å². The fourth-order valence-electron chi connectivity index (χ4n) is 2.69. The van der Waals surface area contributed by atoms with Gasteiger partial charge in [0, 0.05) is 12.1 Å². The molecule has 0 spiro atoms. The largest absolute Gasteiger partial charge is 0.497 e. The maximum absolute atomic E-state index is 6.48. The first-order valence-corrected chi connectivity index (χ1v) is 6.22. The zero-order valence-electron chi connectivity index (χ0n) is 10.8. The van der Waals surface area contributed by atoms with E-state index in [2.05, 4.69) is 24.1 Å². The van der Waals surface area contributed by atoms with E-state index in [-0.39, 0.29) is 5.54 Å². The summed E-state index contributed by atoms with van der Waals surface area (Å²) in [5.74, 6) is 0.903. The van der Waals surface area contributed by atoms with E-state index in [1.165, 1.54) is 18.5 Å². The summed E-state index contributed by atoms with van der Waals surface area (Å²) in [5, 5.41) is 0. The van der Waals surface area contributed by atoms with Crippen molar-refractivity contribution < 1.29 is 4.74 Å². The summed E-state index contributed by atoms with van der Waals surface area (Å²) in [4.78, 5) is 2.33. The Morgan fingerprint density at radius 3 is 2.65 bits per heavy atom. The predicted molar refractivity (Wildman–Crippen MR) is 70.3 cm³/mol. The van der Waals surface area contributed by atoms with Crippen LogP contribution in [0.3, 0.4) is 0 Å². The van der Waals surface area contributed by atoms with Crippen LogP contribution in [-0.2, 0) is 6.42 Å². The maximum atomic E-state index is 6.48. The van der Waals surface area contributed by atoms with Crippen LogP contribution < -0.4 is 10.5 Å².